The van der Waals surface area contributed by atoms with E-state index in [0.29, 0.717) is 23.3 Å². The fourth-order valence-corrected chi connectivity index (χ4v) is 16.7. The maximum absolute atomic E-state index is 7.13. The van der Waals surface area contributed by atoms with Gasteiger partial charge in [-0.1, -0.05) is 194 Å². The van der Waals surface area contributed by atoms with Crippen LogP contribution < -0.4 is 14.5 Å². The quantitative estimate of drug-likeness (QED) is 0.121. The topological polar surface area (TPSA) is 38.5 Å². The normalized spacial score (nSPS) is 19.1. The molecule has 7 heteroatoms. The number of para-hydroxylation sites is 6. The van der Waals surface area contributed by atoms with E-state index >= 15 is 0 Å². The van der Waals surface area contributed by atoms with Crippen LogP contribution in [0.1, 0.15) is 43.2 Å². The third-order valence-corrected chi connectivity index (χ3v) is 20.1. The van der Waals surface area contributed by atoms with Gasteiger partial charge in [0, 0.05) is 94.3 Å². The summed E-state index contributed by atoms with van der Waals surface area (Å²) in [4.78, 5) is 9.91. The number of benzene rings is 11. The molecule has 4 fully saturated rings. The van der Waals surface area contributed by atoms with Crippen molar-refractivity contribution in [2.45, 2.75) is 37.5 Å². The number of fused-ring (bicyclic) bond motifs is 7. The largest absolute Gasteiger partial charge is 0.509 e. The number of anilines is 4. The number of nitrogens with zero attached hydrogens (tertiary/aromatic N) is 5. The van der Waals surface area contributed by atoms with Gasteiger partial charge in [-0.15, -0.1) is 53.6 Å². The molecular weight excluding hydrogens is 1270 g/mol. The maximum atomic E-state index is 7.13. The van der Waals surface area contributed by atoms with Gasteiger partial charge in [0.15, 0.2) is 0 Å². The Balaban J connectivity index is 0.00000612. The number of hydrogen-bond acceptors (Lipinski definition) is 4. The van der Waals surface area contributed by atoms with Crippen LogP contribution >= 0.6 is 0 Å². The molecule has 3 aromatic heterocycles. The summed E-state index contributed by atoms with van der Waals surface area (Å²) < 4.78 is 11.9. The Hall–Kier alpha value is -9.74. The number of hydrogen-bond donors (Lipinski definition) is 0. The van der Waals surface area contributed by atoms with Crippen LogP contribution in [0.15, 0.2) is 273 Å². The van der Waals surface area contributed by atoms with E-state index in [2.05, 4.69) is 311 Å². The van der Waals surface area contributed by atoms with Crippen LogP contribution in [-0.4, -0.2) is 14.1 Å². The third kappa shape index (κ3) is 8.66. The zero-order valence-electron chi connectivity index (χ0n) is 48.9. The molecule has 0 radical (unpaired) electrons. The van der Waals surface area contributed by atoms with Gasteiger partial charge in [-0.3, -0.25) is 0 Å². The first-order valence-electron chi connectivity index (χ1n) is 31.2. The molecule has 4 heterocycles. The van der Waals surface area contributed by atoms with Gasteiger partial charge in [-0.2, -0.15) is 6.07 Å². The average Bonchev–Trinajstić information content (AvgIpc) is 1.38. The van der Waals surface area contributed by atoms with Crippen molar-refractivity contribution in [2.75, 3.05) is 9.80 Å². The minimum atomic E-state index is -0.154. The van der Waals surface area contributed by atoms with Gasteiger partial charge >= 0.3 is 0 Å². The summed E-state index contributed by atoms with van der Waals surface area (Å²) in [5, 5.41) is 4.81. The van der Waals surface area contributed by atoms with Crippen LogP contribution in [0.2, 0.25) is 0 Å². The summed E-state index contributed by atoms with van der Waals surface area (Å²) >= 11 is 0. The standard InChI is InChI=1S/C82H60N5O.Pt/c1-4-19-56(20-5-1)59-48-65(84-53-85(78-34-17-16-33-77(78)84)81-68(57-21-6-2-7-22-57)28-18-29-69(81)58-23-8-3-9-24-58)51-67(49-59)88-66-39-40-73-72-27-12-15-32-76(72)87(79(73)52-66)80-50-61(41-42-83-80)82(62-44-54-43-55(46-62)47-63(82)45-54)60-35-37-64(38-36-60)86-74-30-13-10-25-70(74)71-26-11-14-31-75(71)86;/h1-42,48-50,53-55,62-63H,43-47H2;/q-3;. The van der Waals surface area contributed by atoms with Gasteiger partial charge < -0.3 is 23.7 Å². The van der Waals surface area contributed by atoms with Crippen molar-refractivity contribution >= 4 is 66.4 Å². The van der Waals surface area contributed by atoms with Gasteiger partial charge in [0.25, 0.3) is 0 Å². The summed E-state index contributed by atoms with van der Waals surface area (Å²) in [6, 6.07) is 104. The van der Waals surface area contributed by atoms with E-state index in [1.807, 2.05) is 0 Å². The predicted molar refractivity (Wildman–Crippen MR) is 359 cm³/mol. The van der Waals surface area contributed by atoms with Crippen LogP contribution in [0.25, 0.3) is 88.5 Å². The van der Waals surface area contributed by atoms with Crippen LogP contribution in [-0.2, 0) is 26.5 Å². The maximum Gasteiger partial charge on any atom is 0.135 e. The molecule has 5 aliphatic rings. The first-order chi connectivity index (χ1) is 43.6. The van der Waals surface area contributed by atoms with E-state index in [4.69, 9.17) is 9.72 Å². The van der Waals surface area contributed by atoms with Crippen molar-refractivity contribution in [3.63, 3.8) is 0 Å². The molecule has 11 aromatic carbocycles. The zero-order valence-corrected chi connectivity index (χ0v) is 51.1. The predicted octanol–water partition coefficient (Wildman–Crippen LogP) is 20.8. The van der Waals surface area contributed by atoms with E-state index in [0.717, 1.165) is 95.6 Å². The number of pyridine rings is 1. The molecule has 0 amide bonds. The van der Waals surface area contributed by atoms with Gasteiger partial charge in [0.05, 0.1) is 11.0 Å². The van der Waals surface area contributed by atoms with Gasteiger partial charge in [-0.05, 0) is 144 Å². The van der Waals surface area contributed by atoms with E-state index in [1.54, 1.807) is 0 Å². The summed E-state index contributed by atoms with van der Waals surface area (Å²) in [6.45, 7) is 2.22. The minimum absolute atomic E-state index is 0. The molecule has 0 spiro atoms. The molecule has 0 unspecified atom stereocenters. The Bertz CT molecular complexity index is 4880. The Labute approximate surface area is 533 Å². The molecule has 4 saturated carbocycles. The van der Waals surface area contributed by atoms with E-state index in [9.17, 15) is 0 Å². The third-order valence-electron chi connectivity index (χ3n) is 20.1. The fraction of sp³-hybridized carbons (Fsp3) is 0.122. The smallest absolute Gasteiger partial charge is 0.135 e. The van der Waals surface area contributed by atoms with E-state index in [-0.39, 0.29) is 26.5 Å². The molecular formula is C82H60N5OPt-3. The second-order valence-corrected chi connectivity index (χ2v) is 24.8. The monoisotopic (exact) mass is 1330 g/mol. The van der Waals surface area contributed by atoms with Crippen LogP contribution in [0, 0.1) is 42.5 Å². The van der Waals surface area contributed by atoms with Crippen molar-refractivity contribution < 1.29 is 25.8 Å². The second kappa shape index (κ2) is 21.5. The van der Waals surface area contributed by atoms with Crippen molar-refractivity contribution in [1.82, 2.24) is 14.1 Å². The second-order valence-electron chi connectivity index (χ2n) is 24.8. The van der Waals surface area contributed by atoms with Crippen molar-refractivity contribution in [3.05, 3.63) is 303 Å². The number of ether oxygens (including phenoxy) is 1. The number of aromatic nitrogens is 3. The first kappa shape index (κ1) is 53.5. The van der Waals surface area contributed by atoms with Crippen LogP contribution in [0.4, 0.5) is 22.7 Å². The summed E-state index contributed by atoms with van der Waals surface area (Å²) in [5.74, 6) is 4.76. The molecule has 0 saturated heterocycles. The average molecular weight is 1330 g/mol. The zero-order chi connectivity index (χ0) is 57.9. The van der Waals surface area contributed by atoms with E-state index in [1.165, 1.54) is 70.7 Å². The SMILES string of the molecule is [Pt].[c-]1c(Oc2[c-]c3c(cc2)c2ccccc2n3-c2cc(C3(c4ccc(-n5c6ccccc6c6ccccc65)cc4)C4CC5CC(C4)CC3C5)ccn2)cc(-c2ccccc2)cc1N1[CH-]N(c2c(-c3ccccc3)cccc2-c2ccccc2)c2ccccc21. The van der Waals surface area contributed by atoms with Crippen molar-refractivity contribution in [3.8, 4) is 56.4 Å². The van der Waals surface area contributed by atoms with Crippen molar-refractivity contribution in [2.24, 2.45) is 23.7 Å². The van der Waals surface area contributed by atoms with Crippen LogP contribution in [0.3, 0.4) is 0 Å². The molecule has 19 rings (SSSR count). The molecule has 1 aliphatic heterocycles. The van der Waals surface area contributed by atoms with Crippen LogP contribution in [0.5, 0.6) is 11.5 Å². The van der Waals surface area contributed by atoms with Crippen molar-refractivity contribution in [1.29, 1.82) is 0 Å². The number of rotatable bonds is 11. The minimum Gasteiger partial charge on any atom is -0.509 e. The molecule has 0 atom stereocenters. The van der Waals surface area contributed by atoms with Gasteiger partial charge in [0.2, 0.25) is 0 Å². The first-order valence-corrected chi connectivity index (χ1v) is 31.2. The Kier molecular flexibility index (Phi) is 12.9. The molecule has 4 aliphatic carbocycles. The van der Waals surface area contributed by atoms with Gasteiger partial charge in [0.1, 0.15) is 5.82 Å². The molecule has 6 nitrogen and oxygen atoms in total. The molecule has 4 bridgehead atoms. The fourth-order valence-electron chi connectivity index (χ4n) is 16.7. The Morgan fingerprint density at radius 3 is 1.57 bits per heavy atom. The Morgan fingerprint density at radius 2 is 0.955 bits per heavy atom. The summed E-state index contributed by atoms with van der Waals surface area (Å²) in [5.41, 5.74) is 19.0. The van der Waals surface area contributed by atoms with Gasteiger partial charge in [-0.25, -0.2) is 4.98 Å². The Morgan fingerprint density at radius 1 is 0.416 bits per heavy atom. The molecule has 432 valence electrons. The molecule has 89 heavy (non-hydrogen) atoms. The van der Waals surface area contributed by atoms with E-state index < -0.39 is 0 Å². The summed E-state index contributed by atoms with van der Waals surface area (Å²) in [7, 11) is 0. The molecule has 14 aromatic rings. The molecule has 0 N–H and O–H groups in total. The summed E-state index contributed by atoms with van der Waals surface area (Å²) in [6.07, 6.45) is 8.54.